The summed E-state index contributed by atoms with van der Waals surface area (Å²) in [5.41, 5.74) is 3.72. The SMILES string of the molecule is O=C1C2=Cc3ccccc3C(C(=O)N1CCN1C(=O)C3=Cc4ccccc4C(C1=O)C3=S)C2=S. The van der Waals surface area contributed by atoms with Crippen LogP contribution in [0.25, 0.3) is 12.2 Å². The van der Waals surface area contributed by atoms with E-state index in [-0.39, 0.29) is 13.1 Å². The minimum atomic E-state index is -0.724. The van der Waals surface area contributed by atoms with Crippen molar-refractivity contribution in [1.29, 1.82) is 0 Å². The maximum absolute atomic E-state index is 13.3. The summed E-state index contributed by atoms with van der Waals surface area (Å²) < 4.78 is 0. The van der Waals surface area contributed by atoms with E-state index >= 15 is 0 Å². The van der Waals surface area contributed by atoms with Crippen LogP contribution in [0.1, 0.15) is 34.1 Å². The van der Waals surface area contributed by atoms with Crippen LogP contribution in [-0.2, 0) is 19.2 Å². The molecule has 34 heavy (non-hydrogen) atoms. The third-order valence-corrected chi connectivity index (χ3v) is 7.70. The Kier molecular flexibility index (Phi) is 4.59. The normalized spacial score (nSPS) is 22.9. The molecule has 6 nitrogen and oxygen atoms in total. The maximum atomic E-state index is 13.3. The summed E-state index contributed by atoms with van der Waals surface area (Å²) in [5, 5.41) is 0. The first kappa shape index (κ1) is 20.9. The highest BCUT2D eigenvalue weighted by Gasteiger charge is 2.48. The minimum Gasteiger partial charge on any atom is -0.276 e. The van der Waals surface area contributed by atoms with Crippen LogP contribution >= 0.6 is 24.4 Å². The van der Waals surface area contributed by atoms with Gasteiger partial charge < -0.3 is 0 Å². The molecule has 0 saturated carbocycles. The predicted octanol–water partition coefficient (Wildman–Crippen LogP) is 2.83. The molecule has 2 aliphatic carbocycles. The molecule has 6 rings (SSSR count). The lowest BCUT2D eigenvalue weighted by molar-refractivity contribution is -0.148. The first-order valence-corrected chi connectivity index (χ1v) is 11.6. The van der Waals surface area contributed by atoms with E-state index in [2.05, 4.69) is 0 Å². The van der Waals surface area contributed by atoms with Crippen LogP contribution in [0, 0.1) is 0 Å². The maximum Gasteiger partial charge on any atom is 0.261 e. The van der Waals surface area contributed by atoms with E-state index in [1.165, 1.54) is 0 Å². The second-order valence-electron chi connectivity index (χ2n) is 8.56. The van der Waals surface area contributed by atoms with Crippen LogP contribution in [0.3, 0.4) is 0 Å². The second-order valence-corrected chi connectivity index (χ2v) is 9.44. The number of benzene rings is 2. The van der Waals surface area contributed by atoms with Gasteiger partial charge in [-0.1, -0.05) is 73.0 Å². The number of carbonyl (C=O) groups is 4. The summed E-state index contributed by atoms with van der Waals surface area (Å²) >= 11 is 10.9. The van der Waals surface area contributed by atoms with Crippen LogP contribution in [-0.4, -0.2) is 56.2 Å². The van der Waals surface area contributed by atoms with E-state index in [9.17, 15) is 19.2 Å². The zero-order valence-corrected chi connectivity index (χ0v) is 19.3. The van der Waals surface area contributed by atoms with Gasteiger partial charge in [0.05, 0.1) is 11.1 Å². The lowest BCUT2D eigenvalue weighted by atomic mass is 9.78. The highest BCUT2D eigenvalue weighted by molar-refractivity contribution is 7.81. The summed E-state index contributed by atoms with van der Waals surface area (Å²) in [6, 6.07) is 14.7. The van der Waals surface area contributed by atoms with E-state index in [0.29, 0.717) is 20.9 Å². The Hall–Kier alpha value is -3.62. The molecule has 2 heterocycles. The Morgan fingerprint density at radius 1 is 0.618 bits per heavy atom. The van der Waals surface area contributed by atoms with Crippen molar-refractivity contribution in [2.45, 2.75) is 11.8 Å². The average Bonchev–Trinajstić information content (AvgIpc) is 2.83. The summed E-state index contributed by atoms with van der Waals surface area (Å²) in [6.45, 7) is -0.218. The number of amides is 4. The molecule has 166 valence electrons. The highest BCUT2D eigenvalue weighted by atomic mass is 32.1. The van der Waals surface area contributed by atoms with Crippen molar-refractivity contribution in [1.82, 2.24) is 9.80 Å². The predicted molar refractivity (Wildman–Crippen MR) is 133 cm³/mol. The third kappa shape index (κ3) is 2.79. The van der Waals surface area contributed by atoms with Crippen molar-refractivity contribution in [3.63, 3.8) is 0 Å². The molecular weight excluding hydrogens is 468 g/mol. The van der Waals surface area contributed by atoms with Gasteiger partial charge in [0, 0.05) is 22.8 Å². The molecule has 2 fully saturated rings. The van der Waals surface area contributed by atoms with E-state index in [1.807, 2.05) is 48.5 Å². The number of thiocarbonyl (C=S) groups is 2. The number of piperidine rings is 2. The fourth-order valence-corrected chi connectivity index (χ4v) is 5.86. The van der Waals surface area contributed by atoms with Crippen molar-refractivity contribution in [3.8, 4) is 0 Å². The minimum absolute atomic E-state index is 0.109. The average molecular weight is 485 g/mol. The number of likely N-dealkylation sites (tertiary alicyclic amines) is 2. The van der Waals surface area contributed by atoms with Gasteiger partial charge in [-0.15, -0.1) is 0 Å². The summed E-state index contributed by atoms with van der Waals surface area (Å²) in [5.74, 6) is -3.32. The van der Waals surface area contributed by atoms with Gasteiger partial charge in [-0.2, -0.15) is 0 Å². The molecule has 2 aliphatic heterocycles. The van der Waals surface area contributed by atoms with Crippen molar-refractivity contribution in [2.24, 2.45) is 0 Å². The molecule has 0 radical (unpaired) electrons. The number of carbonyl (C=O) groups excluding carboxylic acids is 4. The van der Waals surface area contributed by atoms with Gasteiger partial charge in [0.25, 0.3) is 11.8 Å². The molecule has 2 aromatic carbocycles. The molecule has 4 aliphatic rings. The zero-order chi connectivity index (χ0) is 23.7. The summed E-state index contributed by atoms with van der Waals surface area (Å²) in [6.07, 6.45) is 3.41. The first-order chi connectivity index (χ1) is 16.4. The Labute approximate surface area is 205 Å². The number of nitrogens with zero attached hydrogens (tertiary/aromatic N) is 2. The van der Waals surface area contributed by atoms with Crippen LogP contribution in [0.5, 0.6) is 0 Å². The second kappa shape index (κ2) is 7.44. The van der Waals surface area contributed by atoms with Gasteiger partial charge in [-0.05, 0) is 34.4 Å². The molecule has 0 N–H and O–H groups in total. The van der Waals surface area contributed by atoms with Gasteiger partial charge in [-0.3, -0.25) is 29.0 Å². The van der Waals surface area contributed by atoms with Crippen LogP contribution in [0.15, 0.2) is 59.7 Å². The van der Waals surface area contributed by atoms with Crippen molar-refractivity contribution in [3.05, 3.63) is 81.9 Å². The molecule has 4 bridgehead atoms. The fourth-order valence-electron chi connectivity index (χ4n) is 5.11. The third-order valence-electron chi connectivity index (χ3n) is 6.79. The Balaban J connectivity index is 1.30. The number of hydrogen-bond donors (Lipinski definition) is 0. The fraction of sp³-hybridized carbons (Fsp3) is 0.154. The van der Waals surface area contributed by atoms with Gasteiger partial charge in [0.2, 0.25) is 11.8 Å². The first-order valence-electron chi connectivity index (χ1n) is 10.8. The molecule has 2 unspecified atom stereocenters. The van der Waals surface area contributed by atoms with Gasteiger partial charge >= 0.3 is 0 Å². The van der Waals surface area contributed by atoms with Gasteiger partial charge in [0.15, 0.2) is 0 Å². The van der Waals surface area contributed by atoms with Crippen molar-refractivity contribution < 1.29 is 19.2 Å². The van der Waals surface area contributed by atoms with E-state index in [1.54, 1.807) is 12.2 Å². The van der Waals surface area contributed by atoms with Crippen LogP contribution < -0.4 is 0 Å². The van der Waals surface area contributed by atoms with Gasteiger partial charge in [-0.25, -0.2) is 0 Å². The van der Waals surface area contributed by atoms with Crippen molar-refractivity contribution in [2.75, 3.05) is 13.1 Å². The molecule has 4 amide bonds. The molecule has 2 saturated heterocycles. The topological polar surface area (TPSA) is 74.8 Å². The lowest BCUT2D eigenvalue weighted by Gasteiger charge is -2.39. The zero-order valence-electron chi connectivity index (χ0n) is 17.7. The largest absolute Gasteiger partial charge is 0.276 e. The summed E-state index contributed by atoms with van der Waals surface area (Å²) in [4.78, 5) is 55.8. The van der Waals surface area contributed by atoms with Crippen LogP contribution in [0.2, 0.25) is 0 Å². The Morgan fingerprint density at radius 3 is 1.41 bits per heavy atom. The number of fused-ring (bicyclic) bond motifs is 8. The number of hydrogen-bond acceptors (Lipinski definition) is 6. The van der Waals surface area contributed by atoms with Gasteiger partial charge in [0.1, 0.15) is 11.8 Å². The Morgan fingerprint density at radius 2 is 1.00 bits per heavy atom. The van der Waals surface area contributed by atoms with Crippen LogP contribution in [0.4, 0.5) is 0 Å². The Bertz CT molecular complexity index is 1340. The molecule has 2 atom stereocenters. The number of rotatable bonds is 3. The quantitative estimate of drug-likeness (QED) is 0.493. The summed E-state index contributed by atoms with van der Waals surface area (Å²) in [7, 11) is 0. The highest BCUT2D eigenvalue weighted by Crippen LogP contribution is 2.39. The molecule has 2 aromatic rings. The molecule has 0 spiro atoms. The van der Waals surface area contributed by atoms with E-state index in [4.69, 9.17) is 24.4 Å². The smallest absolute Gasteiger partial charge is 0.261 e. The lowest BCUT2D eigenvalue weighted by Crippen LogP contribution is -2.56. The molecule has 8 heteroatoms. The van der Waals surface area contributed by atoms with E-state index in [0.717, 1.165) is 32.1 Å². The molecule has 0 aromatic heterocycles. The standard InChI is InChI=1S/C26H16N2O4S2/c29-23-17-11-13-5-1-3-7-15(13)19(21(17)33)25(31)27(23)9-10-28-24(30)18-12-14-6-2-4-8-16(14)20(22(18)34)26(28)32/h1-8,11-12,19-20H,9-10H2. The van der Waals surface area contributed by atoms with E-state index < -0.39 is 35.5 Å². The monoisotopic (exact) mass is 484 g/mol. The molecular formula is C26H16N2O4S2. The van der Waals surface area contributed by atoms with Crippen molar-refractivity contribution >= 4 is 69.9 Å². The number of imide groups is 2.